The lowest BCUT2D eigenvalue weighted by molar-refractivity contribution is 0.0607. The third kappa shape index (κ3) is 4.08. The van der Waals surface area contributed by atoms with Crippen LogP contribution < -0.4 is 16.4 Å². The summed E-state index contributed by atoms with van der Waals surface area (Å²) in [6.07, 6.45) is 1.64. The molecule has 0 radical (unpaired) electrons. The number of nitrogens with two attached hydrogens (primary N) is 1. The maximum atomic E-state index is 12.5. The summed E-state index contributed by atoms with van der Waals surface area (Å²) < 4.78 is 5.51. The van der Waals surface area contributed by atoms with E-state index in [0.717, 1.165) is 15.8 Å². The maximum Gasteiger partial charge on any atom is 0.350 e. The van der Waals surface area contributed by atoms with Crippen LogP contribution in [0.5, 0.6) is 0 Å². The first-order valence-electron chi connectivity index (χ1n) is 9.44. The number of thiophene rings is 1. The third-order valence-corrected chi connectivity index (χ3v) is 5.82. The number of esters is 1. The van der Waals surface area contributed by atoms with E-state index >= 15 is 0 Å². The molecule has 158 valence electrons. The number of fused-ring (bicyclic) bond motifs is 1. The number of methoxy groups -OCH3 is 1. The molecule has 0 aliphatic rings. The van der Waals surface area contributed by atoms with Crippen molar-refractivity contribution in [1.29, 1.82) is 5.26 Å². The van der Waals surface area contributed by atoms with Crippen LogP contribution in [0.15, 0.2) is 60.8 Å². The van der Waals surface area contributed by atoms with Crippen LogP contribution in [0.4, 0.5) is 21.9 Å². The van der Waals surface area contributed by atoms with Crippen molar-refractivity contribution in [2.24, 2.45) is 0 Å². The number of rotatable bonds is 4. The predicted octanol–water partition coefficient (Wildman–Crippen LogP) is 4.85. The zero-order valence-corrected chi connectivity index (χ0v) is 17.7. The summed E-state index contributed by atoms with van der Waals surface area (Å²) in [4.78, 5) is 29.2. The van der Waals surface area contributed by atoms with Gasteiger partial charge in [0.05, 0.1) is 34.8 Å². The first kappa shape index (κ1) is 20.8. The normalized spacial score (nSPS) is 10.4. The van der Waals surface area contributed by atoms with Gasteiger partial charge in [-0.3, -0.25) is 4.98 Å². The van der Waals surface area contributed by atoms with Gasteiger partial charge in [-0.25, -0.2) is 9.59 Å². The summed E-state index contributed by atoms with van der Waals surface area (Å²) in [6.45, 7) is 0. The number of carbonyl (C=O) groups is 2. The zero-order chi connectivity index (χ0) is 22.7. The van der Waals surface area contributed by atoms with Gasteiger partial charge in [-0.1, -0.05) is 18.2 Å². The summed E-state index contributed by atoms with van der Waals surface area (Å²) in [5.41, 5.74) is 10.0. The first-order valence-corrected chi connectivity index (χ1v) is 10.3. The Morgan fingerprint density at radius 3 is 2.59 bits per heavy atom. The number of ether oxygens (including phenoxy) is 1. The highest BCUT2D eigenvalue weighted by Crippen LogP contribution is 2.36. The highest BCUT2D eigenvalue weighted by Gasteiger charge is 2.19. The highest BCUT2D eigenvalue weighted by atomic mass is 32.1. The van der Waals surface area contributed by atoms with Crippen LogP contribution in [-0.4, -0.2) is 24.1 Å². The summed E-state index contributed by atoms with van der Waals surface area (Å²) in [5, 5.41) is 14.5. The van der Waals surface area contributed by atoms with Crippen LogP contribution in [0.25, 0.3) is 21.3 Å². The number of amides is 2. The van der Waals surface area contributed by atoms with Crippen LogP contribution in [0.2, 0.25) is 0 Å². The summed E-state index contributed by atoms with van der Waals surface area (Å²) in [5.74, 6) is -0.506. The molecule has 9 heteroatoms. The number of hydrogen-bond acceptors (Lipinski definition) is 7. The lowest BCUT2D eigenvalue weighted by atomic mass is 10.1. The van der Waals surface area contributed by atoms with Gasteiger partial charge in [-0.15, -0.1) is 11.3 Å². The van der Waals surface area contributed by atoms with E-state index < -0.39 is 12.0 Å². The van der Waals surface area contributed by atoms with Gasteiger partial charge < -0.3 is 21.1 Å². The number of nitriles is 1. The van der Waals surface area contributed by atoms with Crippen LogP contribution in [0.3, 0.4) is 0 Å². The summed E-state index contributed by atoms with van der Waals surface area (Å²) >= 11 is 1.21. The average Bonchev–Trinajstić information content (AvgIpc) is 3.15. The number of anilines is 3. The molecule has 0 saturated carbocycles. The van der Waals surface area contributed by atoms with E-state index in [4.69, 9.17) is 15.7 Å². The smallest absolute Gasteiger partial charge is 0.350 e. The second-order valence-electron chi connectivity index (χ2n) is 6.72. The second-order valence-corrected chi connectivity index (χ2v) is 7.77. The molecule has 2 heterocycles. The number of urea groups is 1. The zero-order valence-electron chi connectivity index (χ0n) is 16.9. The number of nitrogen functional groups attached to an aromatic ring is 1. The van der Waals surface area contributed by atoms with Gasteiger partial charge in [-0.05, 0) is 36.4 Å². The van der Waals surface area contributed by atoms with Gasteiger partial charge in [0.25, 0.3) is 0 Å². The van der Waals surface area contributed by atoms with Crippen molar-refractivity contribution >= 4 is 50.6 Å². The fraction of sp³-hybridized carbons (Fsp3) is 0.0435. The van der Waals surface area contributed by atoms with Crippen molar-refractivity contribution in [2.45, 2.75) is 0 Å². The Hall–Kier alpha value is -4.42. The lowest BCUT2D eigenvalue weighted by Gasteiger charge is -2.12. The number of aromatic nitrogens is 1. The Kier molecular flexibility index (Phi) is 5.70. The van der Waals surface area contributed by atoms with Gasteiger partial charge in [0.1, 0.15) is 10.4 Å². The molecule has 0 atom stereocenters. The molecule has 0 aliphatic carbocycles. The molecule has 32 heavy (non-hydrogen) atoms. The molecule has 0 fully saturated rings. The van der Waals surface area contributed by atoms with Crippen LogP contribution in [0, 0.1) is 11.3 Å². The van der Waals surface area contributed by atoms with E-state index in [1.54, 1.807) is 36.5 Å². The lowest BCUT2D eigenvalue weighted by Crippen LogP contribution is -2.19. The molecule has 0 bridgehead atoms. The standard InChI is InChI=1S/C23H17N5O3S/c1-31-22(29)21-19(25)20-18(32-21)10-14(12-26-20)16-4-2-3-5-17(16)28-23(30)27-15-8-6-13(11-24)7-9-15/h2-10,12H,25H2,1H3,(H2,27,28,30). The van der Waals surface area contributed by atoms with Crippen LogP contribution in [-0.2, 0) is 4.74 Å². The number of benzene rings is 2. The van der Waals surface area contributed by atoms with Crippen molar-refractivity contribution in [1.82, 2.24) is 4.98 Å². The molecule has 0 saturated heterocycles. The quantitative estimate of drug-likeness (QED) is 0.387. The number of nitrogens with zero attached hydrogens (tertiary/aromatic N) is 2. The van der Waals surface area contributed by atoms with E-state index in [1.807, 2.05) is 30.3 Å². The molecule has 0 aliphatic heterocycles. The van der Waals surface area contributed by atoms with Gasteiger partial charge in [0.2, 0.25) is 0 Å². The van der Waals surface area contributed by atoms with E-state index in [2.05, 4.69) is 15.6 Å². The fourth-order valence-corrected chi connectivity index (χ4v) is 4.18. The number of hydrogen-bond donors (Lipinski definition) is 3. The number of pyridine rings is 1. The van der Waals surface area contributed by atoms with Crippen molar-refractivity contribution in [3.05, 3.63) is 71.2 Å². The van der Waals surface area contributed by atoms with E-state index in [0.29, 0.717) is 27.3 Å². The number of carbonyl (C=O) groups excluding carboxylic acids is 2. The minimum Gasteiger partial charge on any atom is -0.465 e. The number of para-hydroxylation sites is 1. The van der Waals surface area contributed by atoms with Crippen molar-refractivity contribution in [3.8, 4) is 17.2 Å². The van der Waals surface area contributed by atoms with E-state index in [-0.39, 0.29) is 5.69 Å². The second kappa shape index (κ2) is 8.75. The SMILES string of the molecule is COC(=O)c1sc2cc(-c3ccccc3NC(=O)Nc3ccc(C#N)cc3)cnc2c1N. The van der Waals surface area contributed by atoms with Crippen molar-refractivity contribution < 1.29 is 14.3 Å². The Labute approximate surface area is 187 Å². The fourth-order valence-electron chi connectivity index (χ4n) is 3.15. The topological polar surface area (TPSA) is 130 Å². The molecular formula is C23H17N5O3S. The first-order chi connectivity index (χ1) is 15.5. The largest absolute Gasteiger partial charge is 0.465 e. The maximum absolute atomic E-state index is 12.5. The Morgan fingerprint density at radius 2 is 1.88 bits per heavy atom. The average molecular weight is 443 g/mol. The Balaban J connectivity index is 1.61. The molecule has 0 spiro atoms. The van der Waals surface area contributed by atoms with E-state index in [1.165, 1.54) is 18.4 Å². The highest BCUT2D eigenvalue weighted by molar-refractivity contribution is 7.21. The molecule has 4 aromatic rings. The Morgan fingerprint density at radius 1 is 1.12 bits per heavy atom. The molecule has 2 aromatic carbocycles. The van der Waals surface area contributed by atoms with Crippen LogP contribution in [0.1, 0.15) is 15.2 Å². The summed E-state index contributed by atoms with van der Waals surface area (Å²) in [6, 6.07) is 17.3. The van der Waals surface area contributed by atoms with Gasteiger partial charge >= 0.3 is 12.0 Å². The predicted molar refractivity (Wildman–Crippen MR) is 125 cm³/mol. The van der Waals surface area contributed by atoms with Crippen molar-refractivity contribution in [3.63, 3.8) is 0 Å². The van der Waals surface area contributed by atoms with E-state index in [9.17, 15) is 9.59 Å². The molecule has 4 N–H and O–H groups in total. The van der Waals surface area contributed by atoms with Gasteiger partial charge in [-0.2, -0.15) is 5.26 Å². The monoisotopic (exact) mass is 443 g/mol. The molecule has 0 unspecified atom stereocenters. The van der Waals surface area contributed by atoms with Crippen molar-refractivity contribution in [2.75, 3.05) is 23.5 Å². The molecule has 4 rings (SSSR count). The molecule has 8 nitrogen and oxygen atoms in total. The third-order valence-electron chi connectivity index (χ3n) is 4.69. The summed E-state index contributed by atoms with van der Waals surface area (Å²) in [7, 11) is 1.30. The number of nitrogens with one attached hydrogen (secondary N) is 2. The van der Waals surface area contributed by atoms with Gasteiger partial charge in [0.15, 0.2) is 0 Å². The minimum absolute atomic E-state index is 0.289. The molecule has 2 aromatic heterocycles. The van der Waals surface area contributed by atoms with Crippen LogP contribution >= 0.6 is 11.3 Å². The Bertz CT molecular complexity index is 1370. The minimum atomic E-state index is -0.506. The molecular weight excluding hydrogens is 426 g/mol. The van der Waals surface area contributed by atoms with Gasteiger partial charge in [0, 0.05) is 23.0 Å². The molecule has 2 amide bonds.